The van der Waals surface area contributed by atoms with Crippen LogP contribution < -0.4 is 10.6 Å². The van der Waals surface area contributed by atoms with Crippen LogP contribution in [0.4, 0.5) is 0 Å². The number of ether oxygens (including phenoxy) is 1. The molecule has 0 unspecified atom stereocenters. The van der Waals surface area contributed by atoms with Crippen molar-refractivity contribution in [3.05, 3.63) is 0 Å². The lowest BCUT2D eigenvalue weighted by atomic mass is 10.2. The Hall–Kier alpha value is -0.610. The van der Waals surface area contributed by atoms with Gasteiger partial charge in [-0.1, -0.05) is 26.7 Å². The molecule has 4 heteroatoms. The fraction of sp³-hybridized carbons (Fsp3) is 0.929. The molecule has 1 amide bonds. The maximum Gasteiger partial charge on any atom is 0.234 e. The molecule has 1 rings (SSSR count). The number of hydrogen-bond acceptors (Lipinski definition) is 3. The lowest BCUT2D eigenvalue weighted by Gasteiger charge is -2.12. The summed E-state index contributed by atoms with van der Waals surface area (Å²) in [5, 5.41) is 6.22. The van der Waals surface area contributed by atoms with E-state index in [0.29, 0.717) is 18.5 Å². The summed E-state index contributed by atoms with van der Waals surface area (Å²) in [4.78, 5) is 11.6. The second kappa shape index (κ2) is 9.34. The van der Waals surface area contributed by atoms with E-state index < -0.39 is 0 Å². The Kier molecular flexibility index (Phi) is 8.01. The molecule has 4 nitrogen and oxygen atoms in total. The highest BCUT2D eigenvalue weighted by Gasteiger charge is 2.16. The fourth-order valence-electron chi connectivity index (χ4n) is 2.17. The number of rotatable bonds is 9. The fourth-order valence-corrected chi connectivity index (χ4v) is 2.17. The van der Waals surface area contributed by atoms with E-state index >= 15 is 0 Å². The highest BCUT2D eigenvalue weighted by Crippen LogP contribution is 2.17. The van der Waals surface area contributed by atoms with Crippen molar-refractivity contribution in [3.8, 4) is 0 Å². The van der Waals surface area contributed by atoms with E-state index in [4.69, 9.17) is 4.74 Å². The number of carbonyl (C=O) groups excluding carboxylic acids is 1. The molecule has 0 aromatic rings. The van der Waals surface area contributed by atoms with Crippen LogP contribution in [0.5, 0.6) is 0 Å². The van der Waals surface area contributed by atoms with Crippen molar-refractivity contribution in [3.63, 3.8) is 0 Å². The maximum atomic E-state index is 11.6. The second-order valence-electron chi connectivity index (χ2n) is 5.55. The normalized spacial score (nSPS) is 16.4. The summed E-state index contributed by atoms with van der Waals surface area (Å²) < 4.78 is 5.47. The average Bonchev–Trinajstić information content (AvgIpc) is 2.80. The van der Waals surface area contributed by atoms with Gasteiger partial charge in [-0.3, -0.25) is 4.79 Å². The molecular weight excluding hydrogens is 228 g/mol. The Bertz CT molecular complexity index is 226. The van der Waals surface area contributed by atoms with Crippen LogP contribution in [0, 0.1) is 5.92 Å². The second-order valence-corrected chi connectivity index (χ2v) is 5.55. The van der Waals surface area contributed by atoms with E-state index in [9.17, 15) is 4.79 Å². The van der Waals surface area contributed by atoms with E-state index in [0.717, 1.165) is 39.0 Å². The Morgan fingerprint density at radius 3 is 2.72 bits per heavy atom. The molecule has 1 aliphatic carbocycles. The number of hydrogen-bond donors (Lipinski definition) is 2. The highest BCUT2D eigenvalue weighted by atomic mass is 16.5. The molecule has 0 bridgehead atoms. The van der Waals surface area contributed by atoms with Gasteiger partial charge in [0.2, 0.25) is 5.91 Å². The highest BCUT2D eigenvalue weighted by molar-refractivity contribution is 5.78. The van der Waals surface area contributed by atoms with Crippen molar-refractivity contribution in [1.82, 2.24) is 10.6 Å². The van der Waals surface area contributed by atoms with Crippen molar-refractivity contribution in [2.24, 2.45) is 5.92 Å². The first-order chi connectivity index (χ1) is 8.68. The van der Waals surface area contributed by atoms with Gasteiger partial charge in [0, 0.05) is 19.3 Å². The van der Waals surface area contributed by atoms with Gasteiger partial charge in [0.25, 0.3) is 0 Å². The molecule has 106 valence electrons. The van der Waals surface area contributed by atoms with Crippen molar-refractivity contribution < 1.29 is 9.53 Å². The minimum absolute atomic E-state index is 0.130. The summed E-state index contributed by atoms with van der Waals surface area (Å²) in [6.45, 7) is 7.16. The molecule has 0 spiro atoms. The maximum absolute atomic E-state index is 11.6. The minimum atomic E-state index is 0.130. The van der Waals surface area contributed by atoms with Gasteiger partial charge < -0.3 is 15.4 Å². The number of amides is 1. The molecule has 1 saturated carbocycles. The molecule has 18 heavy (non-hydrogen) atoms. The molecular formula is C14H28N2O2. The van der Waals surface area contributed by atoms with Gasteiger partial charge in [0.1, 0.15) is 0 Å². The van der Waals surface area contributed by atoms with Crippen molar-refractivity contribution in [2.75, 3.05) is 26.3 Å². The predicted molar refractivity (Wildman–Crippen MR) is 73.5 cm³/mol. The molecule has 0 aromatic carbocycles. The summed E-state index contributed by atoms with van der Waals surface area (Å²) in [5.41, 5.74) is 0. The van der Waals surface area contributed by atoms with E-state index in [-0.39, 0.29) is 5.91 Å². The average molecular weight is 256 g/mol. The zero-order chi connectivity index (χ0) is 13.2. The van der Waals surface area contributed by atoms with Crippen LogP contribution in [0.15, 0.2) is 0 Å². The van der Waals surface area contributed by atoms with E-state index in [1.54, 1.807) is 0 Å². The molecule has 0 heterocycles. The standard InChI is InChI=1S/C14H28N2O2/c1-12(2)11-18-9-5-8-15-10-14(17)16-13-6-3-4-7-13/h12-13,15H,3-11H2,1-2H3,(H,16,17). The molecule has 1 fully saturated rings. The molecule has 2 N–H and O–H groups in total. The summed E-state index contributed by atoms with van der Waals surface area (Å²) in [7, 11) is 0. The monoisotopic (exact) mass is 256 g/mol. The van der Waals surface area contributed by atoms with Crippen LogP contribution in [0.25, 0.3) is 0 Å². The molecule has 0 saturated heterocycles. The Balaban J connectivity index is 1.86. The van der Waals surface area contributed by atoms with Crippen molar-refractivity contribution in [2.45, 2.75) is 52.0 Å². The smallest absolute Gasteiger partial charge is 0.234 e. The van der Waals surface area contributed by atoms with Crippen LogP contribution in [0.2, 0.25) is 0 Å². The number of carbonyl (C=O) groups is 1. The van der Waals surface area contributed by atoms with Crippen molar-refractivity contribution >= 4 is 5.91 Å². The van der Waals surface area contributed by atoms with Gasteiger partial charge >= 0.3 is 0 Å². The Labute approximate surface area is 111 Å². The zero-order valence-electron chi connectivity index (χ0n) is 11.8. The van der Waals surface area contributed by atoms with Gasteiger partial charge in [0.15, 0.2) is 0 Å². The molecule has 0 atom stereocenters. The molecule has 0 aliphatic heterocycles. The first-order valence-electron chi connectivity index (χ1n) is 7.26. The summed E-state index contributed by atoms with van der Waals surface area (Å²) in [6.07, 6.45) is 5.77. The van der Waals surface area contributed by atoms with Gasteiger partial charge in [-0.15, -0.1) is 0 Å². The first kappa shape index (κ1) is 15.4. The first-order valence-corrected chi connectivity index (χ1v) is 7.26. The molecule has 0 aromatic heterocycles. The van der Waals surface area contributed by atoms with E-state index in [2.05, 4.69) is 24.5 Å². The summed E-state index contributed by atoms with van der Waals surface area (Å²) in [5.74, 6) is 0.722. The van der Waals surface area contributed by atoms with Gasteiger partial charge in [-0.25, -0.2) is 0 Å². The lowest BCUT2D eigenvalue weighted by molar-refractivity contribution is -0.120. The zero-order valence-corrected chi connectivity index (χ0v) is 11.8. The van der Waals surface area contributed by atoms with Crippen LogP contribution in [0.1, 0.15) is 46.0 Å². The Morgan fingerprint density at radius 1 is 1.33 bits per heavy atom. The van der Waals surface area contributed by atoms with E-state index in [1.165, 1.54) is 12.8 Å². The third kappa shape index (κ3) is 7.67. The summed E-state index contributed by atoms with van der Waals surface area (Å²) in [6, 6.07) is 0.425. The lowest BCUT2D eigenvalue weighted by Crippen LogP contribution is -2.39. The Morgan fingerprint density at radius 2 is 2.06 bits per heavy atom. The predicted octanol–water partition coefficient (Wildman–Crippen LogP) is 1.70. The van der Waals surface area contributed by atoms with Gasteiger partial charge in [-0.2, -0.15) is 0 Å². The van der Waals surface area contributed by atoms with Crippen LogP contribution in [-0.4, -0.2) is 38.3 Å². The molecule has 0 radical (unpaired) electrons. The topological polar surface area (TPSA) is 50.4 Å². The largest absolute Gasteiger partial charge is 0.381 e. The third-order valence-electron chi connectivity index (χ3n) is 3.10. The minimum Gasteiger partial charge on any atom is -0.381 e. The number of nitrogens with one attached hydrogen (secondary N) is 2. The molecule has 1 aliphatic rings. The van der Waals surface area contributed by atoms with Gasteiger partial charge in [-0.05, 0) is 31.7 Å². The SMILES string of the molecule is CC(C)COCCCNCC(=O)NC1CCCC1. The third-order valence-corrected chi connectivity index (χ3v) is 3.10. The summed E-state index contributed by atoms with van der Waals surface area (Å²) >= 11 is 0. The van der Waals surface area contributed by atoms with Crippen LogP contribution >= 0.6 is 0 Å². The van der Waals surface area contributed by atoms with E-state index in [1.807, 2.05) is 0 Å². The van der Waals surface area contributed by atoms with Crippen LogP contribution in [-0.2, 0) is 9.53 Å². The van der Waals surface area contributed by atoms with Crippen molar-refractivity contribution in [1.29, 1.82) is 0 Å². The van der Waals surface area contributed by atoms with Crippen LogP contribution in [0.3, 0.4) is 0 Å². The van der Waals surface area contributed by atoms with Gasteiger partial charge in [0.05, 0.1) is 6.54 Å². The quantitative estimate of drug-likeness (QED) is 0.617.